The zero-order chi connectivity index (χ0) is 20.9. The van der Waals surface area contributed by atoms with E-state index in [1.165, 1.54) is 44.9 Å². The number of hydrogen-bond acceptors (Lipinski definition) is 3. The van der Waals surface area contributed by atoms with E-state index in [0.29, 0.717) is 19.4 Å². The Kier molecular flexibility index (Phi) is 19.0. The van der Waals surface area contributed by atoms with Gasteiger partial charge in [-0.1, -0.05) is 56.8 Å². The Morgan fingerprint density at radius 1 is 0.821 bits per heavy atom. The number of amides is 1. The van der Waals surface area contributed by atoms with Crippen LogP contribution >= 0.6 is 0 Å². The van der Waals surface area contributed by atoms with Crippen LogP contribution in [0.5, 0.6) is 0 Å². The van der Waals surface area contributed by atoms with Gasteiger partial charge in [-0.2, -0.15) is 0 Å². The first-order valence-electron chi connectivity index (χ1n) is 11.0. The molecule has 5 heteroatoms. The quantitative estimate of drug-likeness (QED) is 0.160. The van der Waals surface area contributed by atoms with Crippen LogP contribution in [-0.4, -0.2) is 34.7 Å². The van der Waals surface area contributed by atoms with E-state index in [0.717, 1.165) is 25.7 Å². The highest BCUT2D eigenvalue weighted by atomic mass is 16.4. The standard InChI is InChI=1S/C23H41NO4/c1-21(25)17-13-11-9-7-5-3-2-4-6-8-10-12-14-18-22(26)24-20-16-15-19-23(27)28/h11,13-14,18,21,25H,2-10,12,15-17,19-20H2,1H3,(H,24,26)(H,27,28)/t21-/m1/s1. The van der Waals surface area contributed by atoms with Crippen LogP contribution in [0, 0.1) is 0 Å². The summed E-state index contributed by atoms with van der Waals surface area (Å²) in [4.78, 5) is 21.9. The molecule has 162 valence electrons. The average Bonchev–Trinajstić information content (AvgIpc) is 2.64. The maximum absolute atomic E-state index is 11.6. The van der Waals surface area contributed by atoms with Crippen LogP contribution in [0.2, 0.25) is 0 Å². The van der Waals surface area contributed by atoms with E-state index in [1.54, 1.807) is 6.08 Å². The fraction of sp³-hybridized carbons (Fsp3) is 0.739. The maximum Gasteiger partial charge on any atom is 0.303 e. The number of nitrogens with one attached hydrogen (secondary N) is 1. The highest BCUT2D eigenvalue weighted by Gasteiger charge is 1.98. The van der Waals surface area contributed by atoms with Crippen LogP contribution in [0.1, 0.15) is 96.8 Å². The number of aliphatic hydroxyl groups is 1. The number of carbonyl (C=O) groups is 2. The van der Waals surface area contributed by atoms with E-state index < -0.39 is 5.97 Å². The Hall–Kier alpha value is -1.62. The Balaban J connectivity index is 3.29. The Morgan fingerprint density at radius 2 is 1.39 bits per heavy atom. The van der Waals surface area contributed by atoms with Crippen molar-refractivity contribution in [3.63, 3.8) is 0 Å². The molecule has 0 saturated carbocycles. The molecule has 0 aromatic carbocycles. The first kappa shape index (κ1) is 26.4. The number of carboxylic acid groups (broad SMARTS) is 1. The molecule has 5 nitrogen and oxygen atoms in total. The van der Waals surface area contributed by atoms with E-state index in [4.69, 9.17) is 10.2 Å². The minimum absolute atomic E-state index is 0.0870. The number of rotatable bonds is 19. The van der Waals surface area contributed by atoms with Gasteiger partial charge in [0, 0.05) is 13.0 Å². The molecular formula is C23H41NO4. The molecule has 1 amide bonds. The molecule has 0 bridgehead atoms. The minimum atomic E-state index is -0.788. The van der Waals surface area contributed by atoms with E-state index in [1.807, 2.05) is 13.0 Å². The number of aliphatic hydroxyl groups excluding tert-OH is 1. The van der Waals surface area contributed by atoms with Gasteiger partial charge >= 0.3 is 5.97 Å². The molecule has 0 aromatic heterocycles. The zero-order valence-corrected chi connectivity index (χ0v) is 17.7. The summed E-state index contributed by atoms with van der Waals surface area (Å²) in [7, 11) is 0. The van der Waals surface area contributed by atoms with E-state index in [-0.39, 0.29) is 18.4 Å². The largest absolute Gasteiger partial charge is 0.481 e. The lowest BCUT2D eigenvalue weighted by Gasteiger charge is -2.02. The third-order valence-corrected chi connectivity index (χ3v) is 4.52. The van der Waals surface area contributed by atoms with Crippen LogP contribution in [0.25, 0.3) is 0 Å². The number of aliphatic carboxylic acids is 1. The summed E-state index contributed by atoms with van der Waals surface area (Å²) < 4.78 is 0. The van der Waals surface area contributed by atoms with Crippen molar-refractivity contribution in [2.75, 3.05) is 6.54 Å². The SMILES string of the molecule is C[C@@H](O)CC=CCCCCCCCCCCC=CC(=O)NCCCCC(=O)O. The first-order valence-corrected chi connectivity index (χ1v) is 11.0. The molecule has 0 aliphatic rings. The number of carboxylic acids is 1. The predicted molar refractivity (Wildman–Crippen MR) is 115 cm³/mol. The molecule has 0 unspecified atom stereocenters. The van der Waals surface area contributed by atoms with Crippen molar-refractivity contribution < 1.29 is 19.8 Å². The van der Waals surface area contributed by atoms with Crippen LogP contribution in [0.3, 0.4) is 0 Å². The molecule has 0 heterocycles. The summed E-state index contributed by atoms with van der Waals surface area (Å²) >= 11 is 0. The van der Waals surface area contributed by atoms with Gasteiger partial charge in [-0.15, -0.1) is 0 Å². The Morgan fingerprint density at radius 3 is 1.96 bits per heavy atom. The number of allylic oxidation sites excluding steroid dienone is 2. The highest BCUT2D eigenvalue weighted by molar-refractivity contribution is 5.87. The molecule has 0 aliphatic carbocycles. The monoisotopic (exact) mass is 395 g/mol. The summed E-state index contributed by atoms with van der Waals surface area (Å²) in [6.07, 6.45) is 21.8. The Labute approximate surface area is 171 Å². The van der Waals surface area contributed by atoms with Crippen LogP contribution in [-0.2, 0) is 9.59 Å². The maximum atomic E-state index is 11.6. The van der Waals surface area contributed by atoms with Crippen molar-refractivity contribution in [1.82, 2.24) is 5.32 Å². The normalized spacial score (nSPS) is 12.6. The summed E-state index contributed by atoms with van der Waals surface area (Å²) in [6, 6.07) is 0. The second-order valence-electron chi connectivity index (χ2n) is 7.51. The van der Waals surface area contributed by atoms with Crippen LogP contribution in [0.15, 0.2) is 24.3 Å². The second-order valence-corrected chi connectivity index (χ2v) is 7.51. The van der Waals surface area contributed by atoms with Gasteiger partial charge in [-0.25, -0.2) is 0 Å². The van der Waals surface area contributed by atoms with Gasteiger partial charge in [0.25, 0.3) is 0 Å². The van der Waals surface area contributed by atoms with Crippen molar-refractivity contribution in [3.8, 4) is 0 Å². The minimum Gasteiger partial charge on any atom is -0.481 e. The molecule has 0 aliphatic heterocycles. The fourth-order valence-electron chi connectivity index (χ4n) is 2.86. The van der Waals surface area contributed by atoms with Gasteiger partial charge in [0.15, 0.2) is 0 Å². The van der Waals surface area contributed by atoms with Gasteiger partial charge in [0.05, 0.1) is 6.10 Å². The number of carbonyl (C=O) groups excluding carboxylic acids is 1. The second kappa shape index (κ2) is 20.1. The van der Waals surface area contributed by atoms with Gasteiger partial charge in [0.2, 0.25) is 5.91 Å². The number of hydrogen-bond donors (Lipinski definition) is 3. The lowest BCUT2D eigenvalue weighted by atomic mass is 10.1. The molecule has 0 saturated heterocycles. The van der Waals surface area contributed by atoms with Crippen molar-refractivity contribution in [3.05, 3.63) is 24.3 Å². The third kappa shape index (κ3) is 22.4. The topological polar surface area (TPSA) is 86.6 Å². The average molecular weight is 396 g/mol. The fourth-order valence-corrected chi connectivity index (χ4v) is 2.86. The number of unbranched alkanes of at least 4 members (excludes halogenated alkanes) is 10. The van der Waals surface area contributed by atoms with Crippen molar-refractivity contribution in [2.45, 2.75) is 103 Å². The lowest BCUT2D eigenvalue weighted by molar-refractivity contribution is -0.137. The third-order valence-electron chi connectivity index (χ3n) is 4.52. The molecule has 0 aromatic rings. The van der Waals surface area contributed by atoms with E-state index in [9.17, 15) is 9.59 Å². The predicted octanol–water partition coefficient (Wildman–Crippen LogP) is 5.14. The zero-order valence-electron chi connectivity index (χ0n) is 17.7. The van der Waals surface area contributed by atoms with E-state index >= 15 is 0 Å². The van der Waals surface area contributed by atoms with Gasteiger partial charge < -0.3 is 15.5 Å². The van der Waals surface area contributed by atoms with Crippen LogP contribution < -0.4 is 5.32 Å². The van der Waals surface area contributed by atoms with Gasteiger partial charge in [0.1, 0.15) is 0 Å². The molecule has 3 N–H and O–H groups in total. The smallest absolute Gasteiger partial charge is 0.303 e. The summed E-state index contributed by atoms with van der Waals surface area (Å²) in [5.41, 5.74) is 0. The summed E-state index contributed by atoms with van der Waals surface area (Å²) in [6.45, 7) is 2.35. The molecular weight excluding hydrogens is 354 g/mol. The van der Waals surface area contributed by atoms with Crippen molar-refractivity contribution >= 4 is 11.9 Å². The molecule has 0 radical (unpaired) electrons. The van der Waals surface area contributed by atoms with Crippen molar-refractivity contribution in [2.24, 2.45) is 0 Å². The highest BCUT2D eigenvalue weighted by Crippen LogP contribution is 2.11. The molecule has 0 spiro atoms. The van der Waals surface area contributed by atoms with Gasteiger partial charge in [-0.05, 0) is 57.9 Å². The lowest BCUT2D eigenvalue weighted by Crippen LogP contribution is -2.22. The molecule has 28 heavy (non-hydrogen) atoms. The molecule has 0 rings (SSSR count). The first-order chi connectivity index (χ1) is 13.5. The summed E-state index contributed by atoms with van der Waals surface area (Å²) in [5, 5.41) is 20.4. The summed E-state index contributed by atoms with van der Waals surface area (Å²) in [5.74, 6) is -0.875. The van der Waals surface area contributed by atoms with Crippen molar-refractivity contribution in [1.29, 1.82) is 0 Å². The molecule has 1 atom stereocenters. The van der Waals surface area contributed by atoms with Crippen LogP contribution in [0.4, 0.5) is 0 Å². The Bertz CT molecular complexity index is 444. The van der Waals surface area contributed by atoms with E-state index in [2.05, 4.69) is 17.5 Å². The molecule has 0 fully saturated rings. The van der Waals surface area contributed by atoms with Gasteiger partial charge in [-0.3, -0.25) is 9.59 Å².